The van der Waals surface area contributed by atoms with Crippen LogP contribution < -0.4 is 26.0 Å². The Kier molecular flexibility index (Phi) is 8.20. The van der Waals surface area contributed by atoms with Crippen LogP contribution in [0.3, 0.4) is 0 Å². The maximum Gasteiger partial charge on any atom is 0.272 e. The third-order valence-electron chi connectivity index (χ3n) is 5.31. The molecule has 16 heteroatoms. The number of carbonyl (C=O) groups excluding carboxylic acids is 3. The monoisotopic (exact) mass is 536 g/mol. The lowest BCUT2D eigenvalue weighted by atomic mass is 9.49. The highest BCUT2D eigenvalue weighted by Gasteiger charge is 2.30. The summed E-state index contributed by atoms with van der Waals surface area (Å²) in [5.74, 6) is -1.07. The Hall–Kier alpha value is -4.38. The quantitative estimate of drug-likeness (QED) is 0.216. The third-order valence-corrected chi connectivity index (χ3v) is 6.34. The van der Waals surface area contributed by atoms with Crippen LogP contribution in [-0.2, 0) is 4.79 Å². The topological polar surface area (TPSA) is 171 Å². The van der Waals surface area contributed by atoms with Crippen molar-refractivity contribution in [3.8, 4) is 22.4 Å². The molecule has 3 amide bonds. The van der Waals surface area contributed by atoms with Gasteiger partial charge in [0.25, 0.3) is 11.8 Å². The summed E-state index contributed by atoms with van der Waals surface area (Å²) in [6.07, 6.45) is 2.98. The second-order valence-corrected chi connectivity index (χ2v) is 9.56. The van der Waals surface area contributed by atoms with Gasteiger partial charge in [-0.15, -0.1) is 21.5 Å². The second kappa shape index (κ2) is 11.6. The number of nitrogens with zero attached hydrogens (tertiary/aromatic N) is 4. The molecule has 1 aliphatic carbocycles. The highest BCUT2D eigenvalue weighted by Crippen LogP contribution is 2.40. The Labute approximate surface area is 231 Å². The molecular formula is C23H19B3N8O4S. The van der Waals surface area contributed by atoms with Crippen LogP contribution in [0.4, 0.5) is 17.2 Å². The van der Waals surface area contributed by atoms with E-state index in [4.69, 9.17) is 33.5 Å². The molecular weight excluding hydrogens is 517 g/mol. The number of amides is 3. The average molecular weight is 536 g/mol. The molecule has 0 unspecified atom stereocenters. The summed E-state index contributed by atoms with van der Waals surface area (Å²) in [6, 6.07) is 8.41. The molecule has 4 rings (SSSR count). The molecule has 2 aromatic heterocycles. The number of hydrogen-bond acceptors (Lipinski definition) is 10. The molecule has 0 saturated heterocycles. The van der Waals surface area contributed by atoms with Crippen LogP contribution in [0, 0.1) is 17.2 Å². The number of rotatable bonds is 10. The van der Waals surface area contributed by atoms with Gasteiger partial charge in [0, 0.05) is 12.0 Å². The predicted octanol–water partition coefficient (Wildman–Crippen LogP) is 0.801. The van der Waals surface area contributed by atoms with Gasteiger partial charge in [-0.25, -0.2) is 4.98 Å². The Balaban J connectivity index is 1.69. The van der Waals surface area contributed by atoms with E-state index < -0.39 is 17.1 Å². The van der Waals surface area contributed by atoms with Crippen molar-refractivity contribution in [2.75, 3.05) is 24.3 Å². The van der Waals surface area contributed by atoms with Crippen LogP contribution in [0.25, 0.3) is 10.6 Å². The number of para-hydroxylation sites is 1. The zero-order valence-electron chi connectivity index (χ0n) is 20.6. The van der Waals surface area contributed by atoms with E-state index in [2.05, 4.69) is 36.4 Å². The van der Waals surface area contributed by atoms with Crippen molar-refractivity contribution in [1.29, 1.82) is 5.26 Å². The molecule has 39 heavy (non-hydrogen) atoms. The zero-order valence-corrected chi connectivity index (χ0v) is 21.5. The van der Waals surface area contributed by atoms with Gasteiger partial charge < -0.3 is 26.0 Å². The lowest BCUT2D eigenvalue weighted by molar-refractivity contribution is -0.117. The van der Waals surface area contributed by atoms with E-state index in [-0.39, 0.29) is 35.6 Å². The number of carbonyl (C=O) groups is 3. The standard InChI is InChI=1S/C23H19B3N8O4S/c1-38-18-12(22-29-10-15(39-22)20(36)28-8-7-27)3-2-4-13(18)30-14-9-16(31-19(35)11-5-6-11)33-34-17(14)21(37)32-23(24,25)26/h2-4,9-11H,5-6,8H2,1H3,(H,28,36)(H,32,37)(H2,30,31,33,35). The molecule has 4 N–H and O–H groups in total. The summed E-state index contributed by atoms with van der Waals surface area (Å²) in [5, 5.41) is 25.5. The van der Waals surface area contributed by atoms with Gasteiger partial charge >= 0.3 is 0 Å². The first kappa shape index (κ1) is 27.7. The summed E-state index contributed by atoms with van der Waals surface area (Å²) < 4.78 is 5.65. The van der Waals surface area contributed by atoms with Crippen molar-refractivity contribution in [3.05, 3.63) is 41.0 Å². The van der Waals surface area contributed by atoms with Crippen LogP contribution in [-0.4, -0.2) is 75.3 Å². The number of methoxy groups -OCH3 is 1. The van der Waals surface area contributed by atoms with Gasteiger partial charge in [0.05, 0.1) is 59.9 Å². The Morgan fingerprint density at radius 3 is 2.62 bits per heavy atom. The van der Waals surface area contributed by atoms with Crippen molar-refractivity contribution in [1.82, 2.24) is 25.8 Å². The lowest BCUT2D eigenvalue weighted by Gasteiger charge is -2.23. The van der Waals surface area contributed by atoms with Gasteiger partial charge in [0.15, 0.2) is 17.3 Å². The maximum atomic E-state index is 12.8. The van der Waals surface area contributed by atoms with Gasteiger partial charge in [-0.1, -0.05) is 11.3 Å². The van der Waals surface area contributed by atoms with E-state index in [0.29, 0.717) is 26.9 Å². The van der Waals surface area contributed by atoms with Crippen LogP contribution in [0.1, 0.15) is 33.0 Å². The van der Waals surface area contributed by atoms with Crippen molar-refractivity contribution in [2.24, 2.45) is 5.92 Å². The van der Waals surface area contributed by atoms with Crippen molar-refractivity contribution < 1.29 is 19.1 Å². The second-order valence-electron chi connectivity index (χ2n) is 8.52. The average Bonchev–Trinajstić information content (AvgIpc) is 3.63. The molecule has 3 aromatic rings. The molecule has 0 aliphatic heterocycles. The number of thiazole rings is 1. The summed E-state index contributed by atoms with van der Waals surface area (Å²) in [7, 11) is 18.0. The predicted molar refractivity (Wildman–Crippen MR) is 146 cm³/mol. The number of nitrogens with one attached hydrogen (secondary N) is 4. The number of ether oxygens (including phenoxy) is 1. The molecule has 2 heterocycles. The highest BCUT2D eigenvalue weighted by atomic mass is 32.1. The van der Waals surface area contributed by atoms with Crippen molar-refractivity contribution in [3.63, 3.8) is 0 Å². The largest absolute Gasteiger partial charge is 0.494 e. The molecule has 190 valence electrons. The number of aromatic nitrogens is 3. The Morgan fingerprint density at radius 1 is 1.18 bits per heavy atom. The van der Waals surface area contributed by atoms with E-state index >= 15 is 0 Å². The molecule has 1 saturated carbocycles. The third kappa shape index (κ3) is 6.94. The van der Waals surface area contributed by atoms with E-state index in [1.165, 1.54) is 19.4 Å². The SMILES string of the molecule is [B]C([B])([B])NC(=O)c1nnc(NC(=O)C2CC2)cc1Nc1cccc(-c2ncc(C(=O)NCC#N)s2)c1OC. The fourth-order valence-corrected chi connectivity index (χ4v) is 4.28. The lowest BCUT2D eigenvalue weighted by Crippen LogP contribution is -2.50. The van der Waals surface area contributed by atoms with Gasteiger partial charge in [-0.05, 0) is 25.0 Å². The minimum absolute atomic E-state index is 0.0829. The zero-order chi connectivity index (χ0) is 28.2. The maximum absolute atomic E-state index is 12.8. The number of hydrogen-bond donors (Lipinski definition) is 4. The van der Waals surface area contributed by atoms with E-state index in [9.17, 15) is 14.4 Å². The number of anilines is 3. The Morgan fingerprint density at radius 2 is 1.95 bits per heavy atom. The smallest absolute Gasteiger partial charge is 0.272 e. The van der Waals surface area contributed by atoms with Crippen LogP contribution in [0.15, 0.2) is 30.5 Å². The minimum atomic E-state index is -2.02. The van der Waals surface area contributed by atoms with Gasteiger partial charge in [-0.2, -0.15) is 5.26 Å². The van der Waals surface area contributed by atoms with E-state index in [1.807, 2.05) is 6.07 Å². The molecule has 1 aromatic carbocycles. The minimum Gasteiger partial charge on any atom is -0.494 e. The van der Waals surface area contributed by atoms with Crippen LogP contribution in [0.5, 0.6) is 5.75 Å². The summed E-state index contributed by atoms with van der Waals surface area (Å²) >= 11 is 1.11. The van der Waals surface area contributed by atoms with E-state index in [0.717, 1.165) is 24.2 Å². The summed E-state index contributed by atoms with van der Waals surface area (Å²) in [6.45, 7) is -0.132. The first-order chi connectivity index (χ1) is 18.6. The molecule has 1 aliphatic rings. The number of nitriles is 1. The summed E-state index contributed by atoms with van der Waals surface area (Å²) in [5.41, 5.74) is 0.890. The van der Waals surface area contributed by atoms with Gasteiger partial charge in [0.2, 0.25) is 5.91 Å². The normalized spacial score (nSPS) is 12.6. The van der Waals surface area contributed by atoms with Crippen molar-refractivity contribution in [2.45, 2.75) is 18.1 Å². The molecule has 0 atom stereocenters. The molecule has 0 spiro atoms. The fraction of sp³-hybridized carbons (Fsp3) is 0.261. The Bertz CT molecular complexity index is 1470. The molecule has 12 nitrogen and oxygen atoms in total. The summed E-state index contributed by atoms with van der Waals surface area (Å²) in [4.78, 5) is 41.9. The number of benzene rings is 1. The fourth-order valence-electron chi connectivity index (χ4n) is 3.42. The highest BCUT2D eigenvalue weighted by molar-refractivity contribution is 7.17. The van der Waals surface area contributed by atoms with Crippen LogP contribution >= 0.6 is 11.3 Å². The van der Waals surface area contributed by atoms with E-state index in [1.54, 1.807) is 18.2 Å². The first-order valence-electron chi connectivity index (χ1n) is 11.5. The van der Waals surface area contributed by atoms with Gasteiger partial charge in [-0.3, -0.25) is 14.4 Å². The molecule has 0 bridgehead atoms. The molecule has 6 radical (unpaired) electrons. The van der Waals surface area contributed by atoms with Crippen molar-refractivity contribution >= 4 is 69.8 Å². The van der Waals surface area contributed by atoms with Crippen LogP contribution in [0.2, 0.25) is 0 Å². The molecule has 1 fully saturated rings. The first-order valence-corrected chi connectivity index (χ1v) is 12.3. The van der Waals surface area contributed by atoms with Gasteiger partial charge in [0.1, 0.15) is 16.4 Å².